The lowest BCUT2D eigenvalue weighted by atomic mass is 9.91. The van der Waals surface area contributed by atoms with Gasteiger partial charge in [-0.1, -0.05) is 29.8 Å². The molecule has 1 N–H and O–H groups in total. The molecule has 0 saturated heterocycles. The van der Waals surface area contributed by atoms with Crippen LogP contribution in [0.2, 0.25) is 5.02 Å². The van der Waals surface area contributed by atoms with E-state index in [0.29, 0.717) is 35.2 Å². The van der Waals surface area contributed by atoms with Gasteiger partial charge in [0.25, 0.3) is 0 Å². The van der Waals surface area contributed by atoms with E-state index >= 15 is 0 Å². The van der Waals surface area contributed by atoms with E-state index in [9.17, 15) is 5.11 Å². The van der Waals surface area contributed by atoms with Crippen LogP contribution in [0.15, 0.2) is 30.5 Å². The second-order valence-corrected chi connectivity index (χ2v) is 5.24. The first kappa shape index (κ1) is 15.8. The summed E-state index contributed by atoms with van der Waals surface area (Å²) in [5, 5.41) is 15.7. The largest absolute Gasteiger partial charge is 0.496 e. The van der Waals surface area contributed by atoms with Crippen LogP contribution in [0.5, 0.6) is 5.75 Å². The number of benzene rings is 1. The number of aliphatic hydroxyl groups is 1. The summed E-state index contributed by atoms with van der Waals surface area (Å²) in [5.74, 6) is 0.595. The summed E-state index contributed by atoms with van der Waals surface area (Å²) in [7, 11) is 3.18. The van der Waals surface area contributed by atoms with Crippen LogP contribution >= 0.6 is 11.6 Å². The molecular formula is C15H19ClN2O3. The number of nitrogens with zero attached hydrogens (tertiary/aromatic N) is 2. The van der Waals surface area contributed by atoms with E-state index in [-0.39, 0.29) is 0 Å². The van der Waals surface area contributed by atoms with Gasteiger partial charge in [-0.3, -0.25) is 4.68 Å². The van der Waals surface area contributed by atoms with Crippen molar-refractivity contribution >= 4 is 11.6 Å². The van der Waals surface area contributed by atoms with Gasteiger partial charge >= 0.3 is 0 Å². The summed E-state index contributed by atoms with van der Waals surface area (Å²) in [6, 6.07) is 7.30. The average Bonchev–Trinajstić information content (AvgIpc) is 2.86. The molecule has 0 aliphatic carbocycles. The molecule has 21 heavy (non-hydrogen) atoms. The number of para-hydroxylation sites is 1. The minimum Gasteiger partial charge on any atom is -0.496 e. The first-order valence-corrected chi connectivity index (χ1v) is 6.96. The predicted octanol–water partition coefficient (Wildman–Crippen LogP) is 2.45. The van der Waals surface area contributed by atoms with Gasteiger partial charge in [-0.2, -0.15) is 5.10 Å². The third kappa shape index (κ3) is 3.05. The quantitative estimate of drug-likeness (QED) is 0.890. The fraction of sp³-hybridized carbons (Fsp3) is 0.400. The Balaban J connectivity index is 2.50. The van der Waals surface area contributed by atoms with Gasteiger partial charge in [-0.05, 0) is 13.0 Å². The van der Waals surface area contributed by atoms with Gasteiger partial charge in [-0.15, -0.1) is 0 Å². The Morgan fingerprint density at radius 1 is 1.33 bits per heavy atom. The highest BCUT2D eigenvalue weighted by Gasteiger charge is 2.34. The number of hydrogen-bond donors (Lipinski definition) is 1. The van der Waals surface area contributed by atoms with Crippen LogP contribution in [0.3, 0.4) is 0 Å². The van der Waals surface area contributed by atoms with Crippen molar-refractivity contribution in [2.75, 3.05) is 20.8 Å². The van der Waals surface area contributed by atoms with Gasteiger partial charge in [0, 0.05) is 12.7 Å². The zero-order valence-electron chi connectivity index (χ0n) is 12.3. The van der Waals surface area contributed by atoms with Crippen LogP contribution < -0.4 is 4.74 Å². The zero-order valence-corrected chi connectivity index (χ0v) is 13.1. The Bertz CT molecular complexity index is 611. The molecule has 1 atom stereocenters. The molecule has 0 radical (unpaired) electrons. The second-order valence-electron chi connectivity index (χ2n) is 4.83. The lowest BCUT2D eigenvalue weighted by Crippen LogP contribution is -2.28. The molecule has 0 aliphatic heterocycles. The van der Waals surface area contributed by atoms with Gasteiger partial charge in [0.05, 0.1) is 37.2 Å². The summed E-state index contributed by atoms with van der Waals surface area (Å²) in [6.45, 7) is 2.66. The average molecular weight is 311 g/mol. The standard InChI is InChI=1S/C15H19ClN2O3/c1-15(19,11-6-4-5-7-13(11)21-3)14-12(16)10-17-18(14)8-9-20-2/h4-7,10,19H,8-9H2,1-3H3. The Kier molecular flexibility index (Phi) is 4.88. The van der Waals surface area contributed by atoms with E-state index in [2.05, 4.69) is 5.10 Å². The monoisotopic (exact) mass is 310 g/mol. The SMILES string of the molecule is COCCn1ncc(Cl)c1C(C)(O)c1ccccc1OC. The highest BCUT2D eigenvalue weighted by Crippen LogP contribution is 2.38. The van der Waals surface area contributed by atoms with E-state index in [4.69, 9.17) is 21.1 Å². The predicted molar refractivity (Wildman–Crippen MR) is 80.8 cm³/mol. The van der Waals surface area contributed by atoms with Crippen LogP contribution in [-0.2, 0) is 16.9 Å². The number of aromatic nitrogens is 2. The first-order valence-electron chi connectivity index (χ1n) is 6.59. The van der Waals surface area contributed by atoms with Gasteiger partial charge in [0.1, 0.15) is 11.4 Å². The maximum Gasteiger partial charge on any atom is 0.133 e. The number of rotatable bonds is 6. The highest BCUT2D eigenvalue weighted by atomic mass is 35.5. The summed E-state index contributed by atoms with van der Waals surface area (Å²) >= 11 is 6.23. The molecule has 0 spiro atoms. The maximum absolute atomic E-state index is 11.1. The van der Waals surface area contributed by atoms with Gasteiger partial charge in [0.2, 0.25) is 0 Å². The Hall–Kier alpha value is -1.56. The van der Waals surface area contributed by atoms with Crippen molar-refractivity contribution in [3.8, 4) is 5.75 Å². The van der Waals surface area contributed by atoms with Crippen molar-refractivity contribution in [1.82, 2.24) is 9.78 Å². The highest BCUT2D eigenvalue weighted by molar-refractivity contribution is 6.31. The third-order valence-electron chi connectivity index (χ3n) is 3.39. The van der Waals surface area contributed by atoms with Crippen molar-refractivity contribution in [3.05, 3.63) is 46.7 Å². The molecule has 2 aromatic rings. The molecule has 0 aliphatic rings. The summed E-state index contributed by atoms with van der Waals surface area (Å²) < 4.78 is 12.0. The van der Waals surface area contributed by atoms with E-state index in [1.165, 1.54) is 6.20 Å². The molecule has 0 bridgehead atoms. The Morgan fingerprint density at radius 3 is 2.71 bits per heavy atom. The molecule has 1 aromatic heterocycles. The van der Waals surface area contributed by atoms with Crippen LogP contribution in [0.4, 0.5) is 0 Å². The fourth-order valence-electron chi connectivity index (χ4n) is 2.37. The Labute approximate surface area is 129 Å². The van der Waals surface area contributed by atoms with Crippen molar-refractivity contribution in [2.24, 2.45) is 0 Å². The normalized spacial score (nSPS) is 14.0. The number of hydrogen-bond acceptors (Lipinski definition) is 4. The lowest BCUT2D eigenvalue weighted by molar-refractivity contribution is 0.0855. The van der Waals surface area contributed by atoms with E-state index in [0.717, 1.165) is 0 Å². The second kappa shape index (κ2) is 6.47. The molecule has 2 rings (SSSR count). The molecule has 1 aromatic carbocycles. The van der Waals surface area contributed by atoms with E-state index < -0.39 is 5.60 Å². The van der Waals surface area contributed by atoms with Crippen molar-refractivity contribution in [2.45, 2.75) is 19.1 Å². The third-order valence-corrected chi connectivity index (χ3v) is 3.67. The molecule has 0 amide bonds. The molecule has 5 nitrogen and oxygen atoms in total. The van der Waals surface area contributed by atoms with Gasteiger partial charge in [0.15, 0.2) is 0 Å². The minimum atomic E-state index is -1.33. The molecule has 114 valence electrons. The number of ether oxygens (including phenoxy) is 2. The van der Waals surface area contributed by atoms with Crippen LogP contribution in [0, 0.1) is 0 Å². The fourth-order valence-corrected chi connectivity index (χ4v) is 2.69. The number of methoxy groups -OCH3 is 2. The summed E-state index contributed by atoms with van der Waals surface area (Å²) in [4.78, 5) is 0. The molecule has 0 saturated carbocycles. The summed E-state index contributed by atoms with van der Waals surface area (Å²) in [6.07, 6.45) is 1.52. The van der Waals surface area contributed by atoms with Crippen molar-refractivity contribution in [3.63, 3.8) is 0 Å². The molecule has 6 heteroatoms. The van der Waals surface area contributed by atoms with E-state index in [1.807, 2.05) is 18.2 Å². The van der Waals surface area contributed by atoms with Gasteiger partial charge < -0.3 is 14.6 Å². The van der Waals surface area contributed by atoms with Crippen LogP contribution in [0.25, 0.3) is 0 Å². The van der Waals surface area contributed by atoms with Crippen molar-refractivity contribution < 1.29 is 14.6 Å². The molecule has 1 heterocycles. The minimum absolute atomic E-state index is 0.405. The molecule has 1 unspecified atom stereocenters. The van der Waals surface area contributed by atoms with Crippen LogP contribution in [-0.4, -0.2) is 35.7 Å². The Morgan fingerprint density at radius 2 is 2.05 bits per heavy atom. The summed E-state index contributed by atoms with van der Waals surface area (Å²) in [5.41, 5.74) is -0.173. The zero-order chi connectivity index (χ0) is 15.5. The van der Waals surface area contributed by atoms with Crippen molar-refractivity contribution in [1.29, 1.82) is 0 Å². The topological polar surface area (TPSA) is 56.5 Å². The van der Waals surface area contributed by atoms with Gasteiger partial charge in [-0.25, -0.2) is 0 Å². The number of halogens is 1. The smallest absolute Gasteiger partial charge is 0.133 e. The lowest BCUT2D eigenvalue weighted by Gasteiger charge is -2.27. The molecule has 0 fully saturated rings. The first-order chi connectivity index (χ1) is 10.0. The van der Waals surface area contributed by atoms with E-state index in [1.54, 1.807) is 31.9 Å². The molecular weight excluding hydrogens is 292 g/mol. The van der Waals surface area contributed by atoms with Crippen LogP contribution in [0.1, 0.15) is 18.2 Å². The maximum atomic E-state index is 11.1.